The summed E-state index contributed by atoms with van der Waals surface area (Å²) in [7, 11) is 1.59. The van der Waals surface area contributed by atoms with Crippen molar-refractivity contribution in [3.05, 3.63) is 71.0 Å². The van der Waals surface area contributed by atoms with Gasteiger partial charge in [0.05, 0.1) is 17.6 Å². The second kappa shape index (κ2) is 7.20. The molecule has 150 valence electrons. The molecule has 0 saturated carbocycles. The molecule has 2 aromatic carbocycles. The molecule has 0 radical (unpaired) electrons. The maximum absolute atomic E-state index is 13.3. The van der Waals surface area contributed by atoms with Crippen molar-refractivity contribution in [2.75, 3.05) is 13.7 Å². The van der Waals surface area contributed by atoms with Crippen molar-refractivity contribution < 1.29 is 13.7 Å². The molecule has 0 saturated heterocycles. The third-order valence-corrected chi connectivity index (χ3v) is 4.90. The quantitative estimate of drug-likeness (QED) is 0.446. The Labute approximate surface area is 169 Å². The molecule has 0 spiro atoms. The van der Waals surface area contributed by atoms with Crippen LogP contribution in [0.25, 0.3) is 39.5 Å². The van der Waals surface area contributed by atoms with Gasteiger partial charge in [-0.05, 0) is 36.4 Å². The van der Waals surface area contributed by atoms with Crippen molar-refractivity contribution in [2.45, 2.75) is 6.54 Å². The lowest BCUT2D eigenvalue weighted by molar-refractivity contribution is 0.187. The molecule has 0 aliphatic carbocycles. The van der Waals surface area contributed by atoms with Gasteiger partial charge in [0, 0.05) is 19.2 Å². The van der Waals surface area contributed by atoms with Gasteiger partial charge < -0.3 is 13.8 Å². The number of methoxy groups -OCH3 is 1. The summed E-state index contributed by atoms with van der Waals surface area (Å²) >= 11 is 0. The predicted octanol–water partition coefficient (Wildman–Crippen LogP) is 3.15. The van der Waals surface area contributed by atoms with E-state index >= 15 is 0 Å². The molecule has 5 rings (SSSR count). The largest absolute Gasteiger partial charge is 0.383 e. The van der Waals surface area contributed by atoms with Crippen LogP contribution in [0.4, 0.5) is 4.39 Å². The van der Waals surface area contributed by atoms with E-state index < -0.39 is 0 Å². The van der Waals surface area contributed by atoms with E-state index in [9.17, 15) is 9.18 Å². The summed E-state index contributed by atoms with van der Waals surface area (Å²) in [6.45, 7) is 0.782. The number of nitrogens with zero attached hydrogens (tertiary/aromatic N) is 5. The van der Waals surface area contributed by atoms with E-state index in [0.717, 1.165) is 11.0 Å². The average molecular weight is 405 g/mol. The molecule has 0 unspecified atom stereocenters. The molecule has 0 amide bonds. The number of para-hydroxylation sites is 2. The molecular weight excluding hydrogens is 389 g/mol. The molecule has 0 N–H and O–H groups in total. The molecule has 8 nitrogen and oxygen atoms in total. The van der Waals surface area contributed by atoms with Gasteiger partial charge in [0.1, 0.15) is 23.4 Å². The molecule has 0 fully saturated rings. The van der Waals surface area contributed by atoms with E-state index in [4.69, 9.17) is 9.26 Å². The molecule has 0 bridgehead atoms. The monoisotopic (exact) mass is 405 g/mol. The number of hydrogen-bond acceptors (Lipinski definition) is 6. The summed E-state index contributed by atoms with van der Waals surface area (Å²) < 4.78 is 27.1. The summed E-state index contributed by atoms with van der Waals surface area (Å²) in [5.41, 5.74) is 2.60. The van der Waals surface area contributed by atoms with Gasteiger partial charge in [-0.2, -0.15) is 4.98 Å². The lowest BCUT2D eigenvalue weighted by Gasteiger charge is -2.11. The van der Waals surface area contributed by atoms with Crippen LogP contribution in [-0.4, -0.2) is 37.8 Å². The Morgan fingerprint density at radius 1 is 1.10 bits per heavy atom. The number of fused-ring (bicyclic) bond motifs is 3. The highest BCUT2D eigenvalue weighted by Crippen LogP contribution is 2.25. The maximum Gasteiger partial charge on any atom is 0.277 e. The Morgan fingerprint density at radius 2 is 1.87 bits per heavy atom. The fraction of sp³-hybridized carbons (Fsp3) is 0.143. The van der Waals surface area contributed by atoms with Crippen LogP contribution in [0, 0.1) is 5.82 Å². The van der Waals surface area contributed by atoms with Gasteiger partial charge in [0.2, 0.25) is 5.82 Å². The van der Waals surface area contributed by atoms with Gasteiger partial charge in [-0.15, -0.1) is 0 Å². The standard InChI is InChI=1S/C21H16FN5O3/c1-29-11-10-26-15-4-2-3-5-16(15)27-12-23-17(18(27)21(26)28)19-24-20(30-25-19)13-6-8-14(22)9-7-13/h2-9,12H,10-11H2,1H3. The van der Waals surface area contributed by atoms with Crippen molar-refractivity contribution >= 4 is 16.6 Å². The zero-order chi connectivity index (χ0) is 20.7. The first-order valence-corrected chi connectivity index (χ1v) is 9.25. The van der Waals surface area contributed by atoms with Crippen LogP contribution in [0.1, 0.15) is 0 Å². The fourth-order valence-electron chi connectivity index (χ4n) is 3.47. The average Bonchev–Trinajstić information content (AvgIpc) is 3.42. The Bertz CT molecular complexity index is 1420. The van der Waals surface area contributed by atoms with Crippen LogP contribution in [0.3, 0.4) is 0 Å². The summed E-state index contributed by atoms with van der Waals surface area (Å²) in [4.78, 5) is 22.1. The van der Waals surface area contributed by atoms with Gasteiger partial charge in [-0.1, -0.05) is 17.3 Å². The normalized spacial score (nSPS) is 11.5. The van der Waals surface area contributed by atoms with Crippen LogP contribution in [0.2, 0.25) is 0 Å². The smallest absolute Gasteiger partial charge is 0.277 e. The Morgan fingerprint density at radius 3 is 2.63 bits per heavy atom. The molecule has 3 heterocycles. The third kappa shape index (κ3) is 2.87. The highest BCUT2D eigenvalue weighted by atomic mass is 19.1. The molecular formula is C21H16FN5O3. The summed E-state index contributed by atoms with van der Waals surface area (Å²) in [6.07, 6.45) is 1.57. The number of imidazole rings is 1. The van der Waals surface area contributed by atoms with Crippen LogP contribution in [-0.2, 0) is 11.3 Å². The zero-order valence-corrected chi connectivity index (χ0v) is 15.9. The number of halogens is 1. The van der Waals surface area contributed by atoms with Crippen molar-refractivity contribution in [3.63, 3.8) is 0 Å². The molecule has 0 aliphatic heterocycles. The molecule has 5 aromatic rings. The summed E-state index contributed by atoms with van der Waals surface area (Å²) in [5, 5.41) is 3.99. The van der Waals surface area contributed by atoms with Gasteiger partial charge in [0.15, 0.2) is 0 Å². The summed E-state index contributed by atoms with van der Waals surface area (Å²) in [5.74, 6) is 0.0382. The number of ether oxygens (including phenoxy) is 1. The first-order valence-electron chi connectivity index (χ1n) is 9.25. The van der Waals surface area contributed by atoms with E-state index in [0.29, 0.717) is 29.9 Å². The minimum Gasteiger partial charge on any atom is -0.383 e. The predicted molar refractivity (Wildman–Crippen MR) is 108 cm³/mol. The van der Waals surface area contributed by atoms with Crippen molar-refractivity contribution in [3.8, 4) is 23.0 Å². The Balaban J connectivity index is 1.70. The van der Waals surface area contributed by atoms with Crippen LogP contribution < -0.4 is 5.56 Å². The highest BCUT2D eigenvalue weighted by Gasteiger charge is 2.21. The topological polar surface area (TPSA) is 87.5 Å². The second-order valence-corrected chi connectivity index (χ2v) is 6.68. The van der Waals surface area contributed by atoms with Crippen molar-refractivity contribution in [2.24, 2.45) is 0 Å². The minimum absolute atomic E-state index is 0.183. The Kier molecular flexibility index (Phi) is 4.36. The van der Waals surface area contributed by atoms with Gasteiger partial charge in [-0.25, -0.2) is 9.37 Å². The van der Waals surface area contributed by atoms with Gasteiger partial charge in [-0.3, -0.25) is 9.20 Å². The maximum atomic E-state index is 13.3. The summed E-state index contributed by atoms with van der Waals surface area (Å²) in [6, 6.07) is 13.3. The molecule has 0 atom stereocenters. The zero-order valence-electron chi connectivity index (χ0n) is 15.9. The molecule has 3 aromatic heterocycles. The number of benzene rings is 2. The van der Waals surface area contributed by atoms with Crippen molar-refractivity contribution in [1.29, 1.82) is 0 Å². The van der Waals surface area contributed by atoms with E-state index in [1.807, 2.05) is 24.3 Å². The number of rotatable bonds is 5. The lowest BCUT2D eigenvalue weighted by Crippen LogP contribution is -2.25. The molecule has 30 heavy (non-hydrogen) atoms. The van der Waals surface area contributed by atoms with E-state index in [-0.39, 0.29) is 23.1 Å². The fourth-order valence-corrected chi connectivity index (χ4v) is 3.47. The first kappa shape index (κ1) is 18.2. The van der Waals surface area contributed by atoms with E-state index in [1.165, 1.54) is 12.1 Å². The highest BCUT2D eigenvalue weighted by molar-refractivity contribution is 5.83. The Hall–Kier alpha value is -3.85. The second-order valence-electron chi connectivity index (χ2n) is 6.68. The van der Waals surface area contributed by atoms with Crippen LogP contribution in [0.15, 0.2) is 64.2 Å². The molecule has 0 aliphatic rings. The third-order valence-electron chi connectivity index (χ3n) is 4.90. The lowest BCUT2D eigenvalue weighted by atomic mass is 10.2. The van der Waals surface area contributed by atoms with Crippen molar-refractivity contribution in [1.82, 2.24) is 24.1 Å². The number of hydrogen-bond donors (Lipinski definition) is 0. The van der Waals surface area contributed by atoms with Crippen LogP contribution >= 0.6 is 0 Å². The van der Waals surface area contributed by atoms with Crippen LogP contribution in [0.5, 0.6) is 0 Å². The SMILES string of the molecule is COCCn1c(=O)c2c(-c3noc(-c4ccc(F)cc4)n3)ncn2c2ccccc21. The number of aromatic nitrogens is 5. The first-order chi connectivity index (χ1) is 14.7. The van der Waals surface area contributed by atoms with E-state index in [1.54, 1.807) is 34.5 Å². The minimum atomic E-state index is -0.359. The molecule has 9 heteroatoms. The van der Waals surface area contributed by atoms with Gasteiger partial charge >= 0.3 is 0 Å². The van der Waals surface area contributed by atoms with E-state index in [2.05, 4.69) is 15.1 Å². The van der Waals surface area contributed by atoms with Gasteiger partial charge in [0.25, 0.3) is 11.4 Å².